The van der Waals surface area contributed by atoms with Crippen molar-refractivity contribution in [2.75, 3.05) is 31.1 Å². The number of aromatic nitrogens is 1. The molecule has 0 aliphatic carbocycles. The molecule has 1 fully saturated rings. The lowest BCUT2D eigenvalue weighted by molar-refractivity contribution is -0.137. The Balaban J connectivity index is 1.99. The second-order valence-corrected chi connectivity index (χ2v) is 4.89. The Labute approximate surface area is 109 Å². The number of hydrogen-bond donors (Lipinski definition) is 2. The standard InChI is InChI=1S/C12H15F3N4/c13-12(14,15)9-3-8-4-17-7-10-6-16-1-2-19(10)11(8)18-5-9/h3,5,10,16-17H,1-2,4,6-7H2/t10-/m0/s1. The minimum Gasteiger partial charge on any atom is -0.350 e. The summed E-state index contributed by atoms with van der Waals surface area (Å²) in [6.45, 7) is 3.62. The SMILES string of the molecule is FC(F)(F)c1cnc2c(c1)CNC[C@@H]1CNCCN21. The molecule has 3 rings (SSSR count). The van der Waals surface area contributed by atoms with E-state index in [-0.39, 0.29) is 6.04 Å². The second-order valence-electron chi connectivity index (χ2n) is 4.89. The molecule has 4 nitrogen and oxygen atoms in total. The molecule has 0 spiro atoms. The number of hydrogen-bond acceptors (Lipinski definition) is 4. The number of nitrogens with one attached hydrogen (secondary N) is 2. The quantitative estimate of drug-likeness (QED) is 0.738. The van der Waals surface area contributed by atoms with E-state index in [0.29, 0.717) is 17.9 Å². The number of halogens is 3. The van der Waals surface area contributed by atoms with Crippen LogP contribution in [0.1, 0.15) is 11.1 Å². The summed E-state index contributed by atoms with van der Waals surface area (Å²) in [6, 6.07) is 1.46. The molecule has 2 N–H and O–H groups in total. The fourth-order valence-corrected chi connectivity index (χ4v) is 2.64. The number of alkyl halides is 3. The maximum atomic E-state index is 12.7. The van der Waals surface area contributed by atoms with Gasteiger partial charge in [-0.05, 0) is 6.07 Å². The van der Waals surface area contributed by atoms with E-state index >= 15 is 0 Å². The van der Waals surface area contributed by atoms with Gasteiger partial charge in [-0.3, -0.25) is 0 Å². The molecule has 1 aromatic rings. The molecule has 0 radical (unpaired) electrons. The number of fused-ring (bicyclic) bond motifs is 3. The van der Waals surface area contributed by atoms with Gasteiger partial charge in [-0.15, -0.1) is 0 Å². The minimum absolute atomic E-state index is 0.249. The molecular weight excluding hydrogens is 257 g/mol. The van der Waals surface area contributed by atoms with Crippen LogP contribution >= 0.6 is 0 Å². The van der Waals surface area contributed by atoms with E-state index in [9.17, 15) is 13.2 Å². The zero-order valence-corrected chi connectivity index (χ0v) is 10.3. The van der Waals surface area contributed by atoms with E-state index in [4.69, 9.17) is 0 Å². The first-order valence-electron chi connectivity index (χ1n) is 6.30. The number of piperazine rings is 1. The van der Waals surface area contributed by atoms with Crippen LogP contribution in [0.3, 0.4) is 0 Å². The van der Waals surface area contributed by atoms with E-state index in [1.165, 1.54) is 6.07 Å². The normalized spacial score (nSPS) is 23.5. The lowest BCUT2D eigenvalue weighted by Gasteiger charge is -2.36. The van der Waals surface area contributed by atoms with Crippen molar-refractivity contribution in [1.29, 1.82) is 0 Å². The molecule has 104 valence electrons. The Kier molecular flexibility index (Phi) is 3.10. The molecule has 0 aromatic carbocycles. The van der Waals surface area contributed by atoms with Crippen molar-refractivity contribution >= 4 is 5.82 Å². The number of anilines is 1. The van der Waals surface area contributed by atoms with Gasteiger partial charge in [0.15, 0.2) is 0 Å². The Hall–Kier alpha value is -1.34. The van der Waals surface area contributed by atoms with Gasteiger partial charge in [0.05, 0.1) is 11.6 Å². The van der Waals surface area contributed by atoms with Crippen molar-refractivity contribution in [1.82, 2.24) is 15.6 Å². The average molecular weight is 272 g/mol. The number of nitrogens with zero attached hydrogens (tertiary/aromatic N) is 2. The molecule has 1 aromatic heterocycles. The van der Waals surface area contributed by atoms with Crippen molar-refractivity contribution in [2.45, 2.75) is 18.8 Å². The molecule has 19 heavy (non-hydrogen) atoms. The van der Waals surface area contributed by atoms with Crippen molar-refractivity contribution in [3.8, 4) is 0 Å². The van der Waals surface area contributed by atoms with Crippen LogP contribution in [0.5, 0.6) is 0 Å². The van der Waals surface area contributed by atoms with Crippen LogP contribution < -0.4 is 15.5 Å². The summed E-state index contributed by atoms with van der Waals surface area (Å²) in [6.07, 6.45) is -3.40. The molecular formula is C12H15F3N4. The summed E-state index contributed by atoms with van der Waals surface area (Å²) in [4.78, 5) is 6.17. The van der Waals surface area contributed by atoms with Gasteiger partial charge in [0.1, 0.15) is 5.82 Å². The Morgan fingerprint density at radius 1 is 1.26 bits per heavy atom. The highest BCUT2D eigenvalue weighted by Crippen LogP contribution is 2.32. The monoisotopic (exact) mass is 272 g/mol. The number of rotatable bonds is 0. The highest BCUT2D eigenvalue weighted by atomic mass is 19.4. The van der Waals surface area contributed by atoms with Crippen molar-refractivity contribution in [3.63, 3.8) is 0 Å². The summed E-state index contributed by atoms with van der Waals surface area (Å²) < 4.78 is 38.1. The smallest absolute Gasteiger partial charge is 0.350 e. The van der Waals surface area contributed by atoms with Crippen LogP contribution in [0.25, 0.3) is 0 Å². The third-order valence-corrected chi connectivity index (χ3v) is 3.59. The first-order chi connectivity index (χ1) is 9.05. The van der Waals surface area contributed by atoms with E-state index in [1.807, 2.05) is 0 Å². The molecule has 2 aliphatic heterocycles. The molecule has 1 atom stereocenters. The molecule has 0 saturated carbocycles. The average Bonchev–Trinajstić information content (AvgIpc) is 2.56. The fourth-order valence-electron chi connectivity index (χ4n) is 2.64. The zero-order chi connectivity index (χ0) is 13.5. The highest BCUT2D eigenvalue weighted by molar-refractivity contribution is 5.51. The molecule has 3 heterocycles. The molecule has 0 amide bonds. The predicted molar refractivity (Wildman–Crippen MR) is 64.9 cm³/mol. The van der Waals surface area contributed by atoms with E-state index in [0.717, 1.165) is 32.4 Å². The predicted octanol–water partition coefficient (Wildman–Crippen LogP) is 0.982. The van der Waals surface area contributed by atoms with Gasteiger partial charge in [-0.2, -0.15) is 13.2 Å². The highest BCUT2D eigenvalue weighted by Gasteiger charge is 2.34. The van der Waals surface area contributed by atoms with Crippen LogP contribution in [-0.4, -0.2) is 37.2 Å². The largest absolute Gasteiger partial charge is 0.417 e. The first-order valence-corrected chi connectivity index (χ1v) is 6.30. The van der Waals surface area contributed by atoms with Crippen LogP contribution in [0.4, 0.5) is 19.0 Å². The maximum absolute atomic E-state index is 12.7. The second kappa shape index (κ2) is 4.64. The summed E-state index contributed by atoms with van der Waals surface area (Å²) in [5.74, 6) is 0.685. The van der Waals surface area contributed by atoms with Crippen molar-refractivity contribution < 1.29 is 13.2 Å². The van der Waals surface area contributed by atoms with E-state index < -0.39 is 11.7 Å². The lowest BCUT2D eigenvalue weighted by atomic mass is 10.1. The molecule has 1 saturated heterocycles. The lowest BCUT2D eigenvalue weighted by Crippen LogP contribution is -2.54. The van der Waals surface area contributed by atoms with Gasteiger partial charge in [0.25, 0.3) is 0 Å². The van der Waals surface area contributed by atoms with Gasteiger partial charge < -0.3 is 15.5 Å². The topological polar surface area (TPSA) is 40.2 Å². The molecule has 7 heteroatoms. The Bertz CT molecular complexity index is 475. The van der Waals surface area contributed by atoms with Crippen LogP contribution in [0.15, 0.2) is 12.3 Å². The van der Waals surface area contributed by atoms with Gasteiger partial charge in [-0.1, -0.05) is 0 Å². The zero-order valence-electron chi connectivity index (χ0n) is 10.3. The van der Waals surface area contributed by atoms with Crippen LogP contribution in [-0.2, 0) is 12.7 Å². The maximum Gasteiger partial charge on any atom is 0.417 e. The van der Waals surface area contributed by atoms with Crippen LogP contribution in [0, 0.1) is 0 Å². The summed E-state index contributed by atoms with van der Waals surface area (Å²) >= 11 is 0. The van der Waals surface area contributed by atoms with E-state index in [1.54, 1.807) is 0 Å². The van der Waals surface area contributed by atoms with Gasteiger partial charge in [0.2, 0.25) is 0 Å². The molecule has 0 unspecified atom stereocenters. The van der Waals surface area contributed by atoms with E-state index in [2.05, 4.69) is 20.5 Å². The van der Waals surface area contributed by atoms with Crippen molar-refractivity contribution in [3.05, 3.63) is 23.4 Å². The fraction of sp³-hybridized carbons (Fsp3) is 0.583. The Morgan fingerprint density at radius 3 is 2.84 bits per heavy atom. The molecule has 0 bridgehead atoms. The Morgan fingerprint density at radius 2 is 2.05 bits per heavy atom. The van der Waals surface area contributed by atoms with Gasteiger partial charge >= 0.3 is 6.18 Å². The third-order valence-electron chi connectivity index (χ3n) is 3.59. The number of pyridine rings is 1. The van der Waals surface area contributed by atoms with Crippen molar-refractivity contribution in [2.24, 2.45) is 0 Å². The van der Waals surface area contributed by atoms with Gasteiger partial charge in [0, 0.05) is 44.5 Å². The first kappa shape index (κ1) is 12.7. The summed E-state index contributed by atoms with van der Waals surface area (Å²) in [5, 5.41) is 6.48. The summed E-state index contributed by atoms with van der Waals surface area (Å²) in [5.41, 5.74) is -0.0548. The van der Waals surface area contributed by atoms with Crippen LogP contribution in [0.2, 0.25) is 0 Å². The summed E-state index contributed by atoms with van der Waals surface area (Å²) in [7, 11) is 0. The van der Waals surface area contributed by atoms with Gasteiger partial charge in [-0.25, -0.2) is 4.98 Å². The third kappa shape index (κ3) is 2.40. The molecule has 2 aliphatic rings. The minimum atomic E-state index is -4.34.